The van der Waals surface area contributed by atoms with E-state index in [0.29, 0.717) is 11.8 Å². The van der Waals surface area contributed by atoms with Crippen LogP contribution in [0.4, 0.5) is 0 Å². The number of alkyl halides is 2. The van der Waals surface area contributed by atoms with Gasteiger partial charge < -0.3 is 0 Å². The van der Waals surface area contributed by atoms with Gasteiger partial charge in [0, 0.05) is 11.8 Å². The van der Waals surface area contributed by atoms with Crippen LogP contribution in [0.5, 0.6) is 0 Å². The molecule has 0 N–H and O–H groups in total. The Morgan fingerprint density at radius 2 is 1.14 bits per heavy atom. The highest BCUT2D eigenvalue weighted by atomic mass is 35.5. The first-order valence-corrected chi connectivity index (χ1v) is 8.42. The van der Waals surface area contributed by atoms with E-state index in [2.05, 4.69) is 50.2 Å². The molecule has 0 amide bonds. The molecule has 0 heterocycles. The molecule has 0 fully saturated rings. The molecule has 21 heavy (non-hydrogen) atoms. The Bertz CT molecular complexity index is 658. The Kier molecular flexibility index (Phi) is 3.10. The van der Waals surface area contributed by atoms with Crippen LogP contribution in [0.25, 0.3) is 0 Å². The van der Waals surface area contributed by atoms with Crippen molar-refractivity contribution in [1.82, 2.24) is 0 Å². The van der Waals surface area contributed by atoms with Gasteiger partial charge in [0.05, 0.1) is 10.8 Å². The molecule has 0 saturated heterocycles. The number of fused-ring (bicyclic) bond motifs is 6. The Hall–Kier alpha value is -0.980. The van der Waals surface area contributed by atoms with Gasteiger partial charge >= 0.3 is 0 Å². The summed E-state index contributed by atoms with van der Waals surface area (Å²) in [4.78, 5) is 0. The summed E-state index contributed by atoms with van der Waals surface area (Å²) in [5.74, 6) is 0.771. The fraction of sp³-hybridized carbons (Fsp3) is 0.368. The van der Waals surface area contributed by atoms with Crippen molar-refractivity contribution in [3.8, 4) is 0 Å². The second-order valence-corrected chi connectivity index (χ2v) is 7.46. The number of hydrogen-bond acceptors (Lipinski definition) is 0. The van der Waals surface area contributed by atoms with Crippen LogP contribution in [0.15, 0.2) is 36.4 Å². The van der Waals surface area contributed by atoms with Crippen molar-refractivity contribution in [2.75, 3.05) is 0 Å². The van der Waals surface area contributed by atoms with Crippen LogP contribution in [0.1, 0.15) is 62.4 Å². The molecule has 0 nitrogen and oxygen atoms in total. The molecule has 0 spiro atoms. The second-order valence-electron chi connectivity index (χ2n) is 6.52. The van der Waals surface area contributed by atoms with Gasteiger partial charge in [-0.2, -0.15) is 0 Å². The molecule has 0 saturated carbocycles. The molecule has 0 radical (unpaired) electrons. The van der Waals surface area contributed by atoms with Gasteiger partial charge in [-0.05, 0) is 42.5 Å². The van der Waals surface area contributed by atoms with E-state index >= 15 is 0 Å². The number of hydrogen-bond donors (Lipinski definition) is 0. The van der Waals surface area contributed by atoms with Gasteiger partial charge in [0.15, 0.2) is 0 Å². The standard InChI is InChI=1S/C19H18Cl2/c1-10-3-5-12-14(7-10)18(20)17-9-16(12)19(21)15-8-11(2)4-6-13(15)17/h3-8,16-19H,9H2,1-2H3/t16?,17?,18-,19?/m0/s1. The Morgan fingerprint density at radius 3 is 1.57 bits per heavy atom. The van der Waals surface area contributed by atoms with Crippen LogP contribution in [0.3, 0.4) is 0 Å². The molecule has 108 valence electrons. The number of rotatable bonds is 0. The summed E-state index contributed by atoms with van der Waals surface area (Å²) in [7, 11) is 0. The van der Waals surface area contributed by atoms with Crippen LogP contribution < -0.4 is 0 Å². The summed E-state index contributed by atoms with van der Waals surface area (Å²) in [6, 6.07) is 13.3. The zero-order chi connectivity index (χ0) is 14.7. The summed E-state index contributed by atoms with van der Waals surface area (Å²) < 4.78 is 0. The molecular weight excluding hydrogens is 299 g/mol. The largest absolute Gasteiger partial charge is 0.117 e. The molecular formula is C19H18Cl2. The molecule has 2 aromatic carbocycles. The lowest BCUT2D eigenvalue weighted by Gasteiger charge is -2.43. The maximum absolute atomic E-state index is 6.86. The molecule has 0 aliphatic heterocycles. The van der Waals surface area contributed by atoms with Gasteiger partial charge in [-0.15, -0.1) is 23.2 Å². The zero-order valence-electron chi connectivity index (χ0n) is 12.2. The Labute approximate surface area is 136 Å². The average Bonchev–Trinajstić information content (AvgIpc) is 2.47. The van der Waals surface area contributed by atoms with E-state index in [0.717, 1.165) is 6.42 Å². The topological polar surface area (TPSA) is 0 Å². The van der Waals surface area contributed by atoms with Crippen molar-refractivity contribution in [2.24, 2.45) is 0 Å². The molecule has 2 aliphatic carbocycles. The predicted octanol–water partition coefficient (Wildman–Crippen LogP) is 6.15. The minimum absolute atomic E-state index is 0.0572. The molecule has 2 aromatic rings. The highest BCUT2D eigenvalue weighted by molar-refractivity contribution is 6.23. The fourth-order valence-corrected chi connectivity index (χ4v) is 4.91. The van der Waals surface area contributed by atoms with Crippen molar-refractivity contribution in [3.05, 3.63) is 69.8 Å². The van der Waals surface area contributed by atoms with Gasteiger partial charge in [0.2, 0.25) is 0 Å². The van der Waals surface area contributed by atoms with Crippen LogP contribution in [-0.4, -0.2) is 0 Å². The minimum atomic E-state index is 0.0572. The Morgan fingerprint density at radius 1 is 0.714 bits per heavy atom. The summed E-state index contributed by atoms with van der Waals surface area (Å²) >= 11 is 13.7. The zero-order valence-corrected chi connectivity index (χ0v) is 13.7. The third-order valence-electron chi connectivity index (χ3n) is 5.09. The highest BCUT2D eigenvalue weighted by Crippen LogP contribution is 2.59. The number of benzene rings is 2. The molecule has 2 heteroatoms. The van der Waals surface area contributed by atoms with E-state index in [1.54, 1.807) is 0 Å². The summed E-state index contributed by atoms with van der Waals surface area (Å²) in [6.07, 6.45) is 1.06. The number of aryl methyl sites for hydroxylation is 2. The normalized spacial score (nSPS) is 29.7. The van der Waals surface area contributed by atoms with E-state index in [4.69, 9.17) is 23.2 Å². The van der Waals surface area contributed by atoms with Crippen molar-refractivity contribution in [3.63, 3.8) is 0 Å². The third-order valence-corrected chi connectivity index (χ3v) is 6.17. The lowest BCUT2D eigenvalue weighted by Crippen LogP contribution is -2.28. The van der Waals surface area contributed by atoms with Gasteiger partial charge in [-0.25, -0.2) is 0 Å². The monoisotopic (exact) mass is 316 g/mol. The SMILES string of the molecule is Cc1ccc2c(c1)C(Cl)C1CC2[C@@H](Cl)c2cc(C)ccc21. The van der Waals surface area contributed by atoms with E-state index in [1.165, 1.54) is 33.4 Å². The van der Waals surface area contributed by atoms with Crippen molar-refractivity contribution in [1.29, 1.82) is 0 Å². The van der Waals surface area contributed by atoms with Gasteiger partial charge in [0.25, 0.3) is 0 Å². The molecule has 4 atom stereocenters. The lowest BCUT2D eigenvalue weighted by molar-refractivity contribution is 0.439. The first kappa shape index (κ1) is 13.7. The summed E-state index contributed by atoms with van der Waals surface area (Å²) in [5.41, 5.74) is 7.82. The maximum atomic E-state index is 6.86. The maximum Gasteiger partial charge on any atom is 0.0656 e. The minimum Gasteiger partial charge on any atom is -0.117 e. The lowest BCUT2D eigenvalue weighted by atomic mass is 9.66. The molecule has 2 aliphatic rings. The van der Waals surface area contributed by atoms with Crippen LogP contribution >= 0.6 is 23.2 Å². The van der Waals surface area contributed by atoms with E-state index in [1.807, 2.05) is 0 Å². The second kappa shape index (κ2) is 4.76. The Balaban J connectivity index is 1.93. The van der Waals surface area contributed by atoms with Crippen LogP contribution in [-0.2, 0) is 0 Å². The van der Waals surface area contributed by atoms with Crippen molar-refractivity contribution < 1.29 is 0 Å². The first-order valence-electron chi connectivity index (χ1n) is 7.55. The van der Waals surface area contributed by atoms with E-state index in [9.17, 15) is 0 Å². The number of halogens is 2. The van der Waals surface area contributed by atoms with Gasteiger partial charge in [0.1, 0.15) is 0 Å². The predicted molar refractivity (Wildman–Crippen MR) is 89.6 cm³/mol. The summed E-state index contributed by atoms with van der Waals surface area (Å²) in [6.45, 7) is 4.26. The third kappa shape index (κ3) is 1.96. The average molecular weight is 317 g/mol. The van der Waals surface area contributed by atoms with Crippen LogP contribution in [0.2, 0.25) is 0 Å². The van der Waals surface area contributed by atoms with Crippen LogP contribution in [0, 0.1) is 13.8 Å². The fourth-order valence-electron chi connectivity index (χ4n) is 4.06. The quantitative estimate of drug-likeness (QED) is 0.511. The summed E-state index contributed by atoms with van der Waals surface area (Å²) in [5, 5.41) is 0.114. The molecule has 0 aromatic heterocycles. The molecule has 4 rings (SSSR count). The molecule has 2 bridgehead atoms. The first-order chi connectivity index (χ1) is 10.1. The highest BCUT2D eigenvalue weighted by Gasteiger charge is 2.43. The van der Waals surface area contributed by atoms with E-state index < -0.39 is 0 Å². The molecule has 3 unspecified atom stereocenters. The van der Waals surface area contributed by atoms with Crippen molar-refractivity contribution >= 4 is 23.2 Å². The van der Waals surface area contributed by atoms with Crippen molar-refractivity contribution in [2.45, 2.75) is 42.9 Å². The van der Waals surface area contributed by atoms with E-state index in [-0.39, 0.29) is 10.8 Å². The van der Waals surface area contributed by atoms with Gasteiger partial charge in [-0.1, -0.05) is 47.5 Å². The van der Waals surface area contributed by atoms with Gasteiger partial charge in [-0.3, -0.25) is 0 Å². The smallest absolute Gasteiger partial charge is 0.0656 e.